The number of benzene rings is 1. The Balaban J connectivity index is 3.03. The molecule has 0 radical (unpaired) electrons. The van der Waals surface area contributed by atoms with Crippen molar-refractivity contribution in [1.29, 1.82) is 0 Å². The van der Waals surface area contributed by atoms with Crippen molar-refractivity contribution < 1.29 is 9.13 Å². The van der Waals surface area contributed by atoms with Crippen LogP contribution in [0.2, 0.25) is 0 Å². The van der Waals surface area contributed by atoms with Gasteiger partial charge in [-0.15, -0.1) is 0 Å². The fraction of sp³-hybridized carbons (Fsp3) is 0.333. The second-order valence-corrected chi connectivity index (χ2v) is 3.50. The number of methoxy groups -OCH3 is 1. The quantitative estimate of drug-likeness (QED) is 0.891. The molecule has 13 heavy (non-hydrogen) atoms. The van der Waals surface area contributed by atoms with Crippen LogP contribution in [-0.4, -0.2) is 13.8 Å². The molecule has 0 aliphatic carbocycles. The van der Waals surface area contributed by atoms with E-state index in [1.54, 1.807) is 25.3 Å². The van der Waals surface area contributed by atoms with Gasteiger partial charge in [-0.3, -0.25) is 0 Å². The van der Waals surface area contributed by atoms with Crippen molar-refractivity contribution >= 4 is 15.9 Å². The molecule has 0 bridgehead atoms. The van der Waals surface area contributed by atoms with E-state index in [0.29, 0.717) is 5.75 Å². The molecule has 0 fully saturated rings. The number of ether oxygens (including phenoxy) is 1. The summed E-state index contributed by atoms with van der Waals surface area (Å²) in [5.41, 5.74) is 6.28. The van der Waals surface area contributed by atoms with Gasteiger partial charge in [0.2, 0.25) is 0 Å². The molecule has 0 aromatic heterocycles. The molecule has 1 rings (SSSR count). The standard InChI is InChI=1S/C9H11BrFNO/c1-13-6-2-3-8(10)7(4-6)9(12)5-11/h2-4,9H,5,12H2,1H3/t9-/m1/s1. The van der Waals surface area contributed by atoms with Crippen LogP contribution in [0.4, 0.5) is 4.39 Å². The Kier molecular flexibility index (Phi) is 3.69. The molecule has 0 unspecified atom stereocenters. The first kappa shape index (κ1) is 10.5. The van der Waals surface area contributed by atoms with Crippen LogP contribution in [0.1, 0.15) is 11.6 Å². The van der Waals surface area contributed by atoms with Gasteiger partial charge in [0.25, 0.3) is 0 Å². The predicted molar refractivity (Wildman–Crippen MR) is 53.6 cm³/mol. The van der Waals surface area contributed by atoms with E-state index in [1.165, 1.54) is 0 Å². The van der Waals surface area contributed by atoms with Crippen LogP contribution in [-0.2, 0) is 0 Å². The fourth-order valence-electron chi connectivity index (χ4n) is 1.02. The summed E-state index contributed by atoms with van der Waals surface area (Å²) < 4.78 is 18.1. The summed E-state index contributed by atoms with van der Waals surface area (Å²) in [5.74, 6) is 0.683. The number of alkyl halides is 1. The van der Waals surface area contributed by atoms with Gasteiger partial charge in [-0.25, -0.2) is 4.39 Å². The summed E-state index contributed by atoms with van der Waals surface area (Å²) in [5, 5.41) is 0. The first-order chi connectivity index (χ1) is 6.19. The number of nitrogens with two attached hydrogens (primary N) is 1. The van der Waals surface area contributed by atoms with Crippen molar-refractivity contribution in [3.05, 3.63) is 28.2 Å². The van der Waals surface area contributed by atoms with Crippen molar-refractivity contribution in [2.24, 2.45) is 5.73 Å². The molecule has 0 aliphatic heterocycles. The molecule has 0 heterocycles. The monoisotopic (exact) mass is 247 g/mol. The minimum absolute atomic E-state index is 0.578. The molecule has 1 aromatic rings. The van der Waals surface area contributed by atoms with Crippen molar-refractivity contribution in [2.75, 3.05) is 13.8 Å². The molecule has 1 aromatic carbocycles. The first-order valence-corrected chi connectivity index (χ1v) is 4.63. The molecule has 0 saturated carbocycles. The molecule has 4 heteroatoms. The largest absolute Gasteiger partial charge is 0.497 e. The van der Waals surface area contributed by atoms with E-state index in [4.69, 9.17) is 10.5 Å². The lowest BCUT2D eigenvalue weighted by Crippen LogP contribution is -2.12. The topological polar surface area (TPSA) is 35.2 Å². The Labute approximate surface area is 85.0 Å². The summed E-state index contributed by atoms with van der Waals surface area (Å²) in [4.78, 5) is 0. The van der Waals surface area contributed by atoms with Gasteiger partial charge in [0, 0.05) is 4.47 Å². The SMILES string of the molecule is COc1ccc(Br)c([C@H](N)CF)c1. The van der Waals surface area contributed by atoms with Crippen LogP contribution >= 0.6 is 15.9 Å². The van der Waals surface area contributed by atoms with Gasteiger partial charge in [0.05, 0.1) is 13.2 Å². The van der Waals surface area contributed by atoms with Gasteiger partial charge in [-0.1, -0.05) is 15.9 Å². The highest BCUT2D eigenvalue weighted by atomic mass is 79.9. The van der Waals surface area contributed by atoms with Crippen LogP contribution in [0.15, 0.2) is 22.7 Å². The second-order valence-electron chi connectivity index (χ2n) is 2.65. The van der Waals surface area contributed by atoms with E-state index in [-0.39, 0.29) is 0 Å². The molecule has 2 nitrogen and oxygen atoms in total. The van der Waals surface area contributed by atoms with Crippen molar-refractivity contribution in [3.8, 4) is 5.75 Å². The second kappa shape index (κ2) is 4.58. The lowest BCUT2D eigenvalue weighted by molar-refractivity contribution is 0.409. The van der Waals surface area contributed by atoms with Crippen LogP contribution in [0, 0.1) is 0 Å². The lowest BCUT2D eigenvalue weighted by Gasteiger charge is -2.11. The van der Waals surface area contributed by atoms with E-state index < -0.39 is 12.7 Å². The van der Waals surface area contributed by atoms with Crippen LogP contribution in [0.25, 0.3) is 0 Å². The highest BCUT2D eigenvalue weighted by Crippen LogP contribution is 2.26. The smallest absolute Gasteiger partial charge is 0.119 e. The van der Waals surface area contributed by atoms with E-state index >= 15 is 0 Å². The molecule has 0 amide bonds. The highest BCUT2D eigenvalue weighted by Gasteiger charge is 2.10. The Morgan fingerprint density at radius 2 is 2.31 bits per heavy atom. The summed E-state index contributed by atoms with van der Waals surface area (Å²) >= 11 is 3.30. The zero-order valence-electron chi connectivity index (χ0n) is 7.26. The summed E-state index contributed by atoms with van der Waals surface area (Å²) in [7, 11) is 1.56. The Hall–Kier alpha value is -0.610. The van der Waals surface area contributed by atoms with Gasteiger partial charge in [-0.05, 0) is 23.8 Å². The van der Waals surface area contributed by atoms with Gasteiger partial charge >= 0.3 is 0 Å². The number of rotatable bonds is 3. The minimum atomic E-state index is -0.593. The lowest BCUT2D eigenvalue weighted by atomic mass is 10.1. The minimum Gasteiger partial charge on any atom is -0.497 e. The summed E-state index contributed by atoms with van der Waals surface area (Å²) in [6, 6.07) is 4.72. The predicted octanol–water partition coefficient (Wildman–Crippen LogP) is 2.43. The maximum absolute atomic E-state index is 12.3. The molecule has 1 atom stereocenters. The molecular formula is C9H11BrFNO. The average Bonchev–Trinajstić information content (AvgIpc) is 2.17. The molecular weight excluding hydrogens is 237 g/mol. The van der Waals surface area contributed by atoms with Crippen LogP contribution < -0.4 is 10.5 Å². The maximum Gasteiger partial charge on any atom is 0.119 e. The van der Waals surface area contributed by atoms with E-state index in [2.05, 4.69) is 15.9 Å². The number of hydrogen-bond acceptors (Lipinski definition) is 2. The van der Waals surface area contributed by atoms with Crippen LogP contribution in [0.3, 0.4) is 0 Å². The first-order valence-electron chi connectivity index (χ1n) is 3.84. The highest BCUT2D eigenvalue weighted by molar-refractivity contribution is 9.10. The van der Waals surface area contributed by atoms with Crippen LogP contribution in [0.5, 0.6) is 5.75 Å². The Morgan fingerprint density at radius 1 is 1.62 bits per heavy atom. The van der Waals surface area contributed by atoms with Gasteiger partial charge < -0.3 is 10.5 Å². The third-order valence-electron chi connectivity index (χ3n) is 1.77. The Bertz CT molecular complexity index is 293. The molecule has 2 N–H and O–H groups in total. The zero-order valence-corrected chi connectivity index (χ0v) is 8.84. The van der Waals surface area contributed by atoms with Crippen molar-refractivity contribution in [2.45, 2.75) is 6.04 Å². The molecule has 72 valence electrons. The van der Waals surface area contributed by atoms with E-state index in [0.717, 1.165) is 10.0 Å². The zero-order chi connectivity index (χ0) is 9.84. The van der Waals surface area contributed by atoms with E-state index in [1.807, 2.05) is 0 Å². The van der Waals surface area contributed by atoms with Crippen molar-refractivity contribution in [1.82, 2.24) is 0 Å². The summed E-state index contributed by atoms with van der Waals surface area (Å²) in [6.07, 6.45) is 0. The third-order valence-corrected chi connectivity index (χ3v) is 2.49. The Morgan fingerprint density at radius 3 is 2.85 bits per heavy atom. The molecule has 0 aliphatic rings. The van der Waals surface area contributed by atoms with E-state index in [9.17, 15) is 4.39 Å². The maximum atomic E-state index is 12.3. The third kappa shape index (κ3) is 2.42. The van der Waals surface area contributed by atoms with Gasteiger partial charge in [0.1, 0.15) is 12.4 Å². The fourth-order valence-corrected chi connectivity index (χ4v) is 1.56. The number of halogens is 2. The summed E-state index contributed by atoms with van der Waals surface area (Å²) in [6.45, 7) is -0.578. The average molecular weight is 248 g/mol. The van der Waals surface area contributed by atoms with Gasteiger partial charge in [-0.2, -0.15) is 0 Å². The number of hydrogen-bond donors (Lipinski definition) is 1. The normalized spacial score (nSPS) is 12.6. The molecule has 0 spiro atoms. The van der Waals surface area contributed by atoms with Gasteiger partial charge in [0.15, 0.2) is 0 Å². The van der Waals surface area contributed by atoms with Crippen molar-refractivity contribution in [3.63, 3.8) is 0 Å². The molecule has 0 saturated heterocycles.